The van der Waals surface area contributed by atoms with Gasteiger partial charge in [-0.25, -0.2) is 39.9 Å². The van der Waals surface area contributed by atoms with Crippen molar-refractivity contribution < 1.29 is 15.0 Å². The molecule has 2 fully saturated rings. The molecule has 2 atom stereocenters. The SMILES string of the molecule is Cc1ncc(-c2ccnc(Nc3ccc(N4CCN(C(CO)C(=O)C(CO)N5CCN(c6ccc(Nc7nccc(-c8cnc(C)n8C(C)C)n7)nc6)CC5)CC4)cn3)n2)n1C(C)C. The third kappa shape index (κ3) is 9.57. The molecule has 2 aliphatic heterocycles. The van der Waals surface area contributed by atoms with Crippen LogP contribution in [0.1, 0.15) is 51.4 Å². The average molecular weight is 871 g/mol. The molecule has 6 aromatic rings. The minimum absolute atomic E-state index is 0.161. The lowest BCUT2D eigenvalue weighted by Crippen LogP contribution is -2.61. The van der Waals surface area contributed by atoms with Gasteiger partial charge in [-0.05, 0) is 77.9 Å². The van der Waals surface area contributed by atoms with E-state index in [0.29, 0.717) is 75.9 Å². The fourth-order valence-electron chi connectivity index (χ4n) is 8.81. The van der Waals surface area contributed by atoms with E-state index in [1.54, 1.807) is 12.4 Å². The lowest BCUT2D eigenvalue weighted by Gasteiger charge is -2.42. The predicted molar refractivity (Wildman–Crippen MR) is 246 cm³/mol. The molecule has 0 amide bonds. The number of hydrogen-bond acceptors (Lipinski definition) is 17. The molecule has 19 heteroatoms. The molecule has 8 rings (SSSR count). The van der Waals surface area contributed by atoms with Gasteiger partial charge in [0.2, 0.25) is 11.9 Å². The molecular formula is C45H58N16O3. The molecule has 2 aliphatic rings. The topological polar surface area (TPSA) is 208 Å². The van der Waals surface area contributed by atoms with E-state index >= 15 is 0 Å². The van der Waals surface area contributed by atoms with Crippen LogP contribution in [0.2, 0.25) is 0 Å². The normalized spacial score (nSPS) is 16.1. The highest BCUT2D eigenvalue weighted by atomic mass is 16.3. The quantitative estimate of drug-likeness (QED) is 0.107. The minimum atomic E-state index is -0.712. The molecule has 0 saturated carbocycles. The number of aromatic nitrogens is 10. The average Bonchev–Trinajstić information content (AvgIpc) is 3.90. The van der Waals surface area contributed by atoms with Crippen LogP contribution < -0.4 is 20.4 Å². The van der Waals surface area contributed by atoms with Crippen LogP contribution in [-0.4, -0.2) is 152 Å². The van der Waals surface area contributed by atoms with E-state index in [4.69, 9.17) is 9.97 Å². The summed E-state index contributed by atoms with van der Waals surface area (Å²) in [5, 5.41) is 27.5. The Hall–Kier alpha value is -6.41. The van der Waals surface area contributed by atoms with Crippen molar-refractivity contribution >= 4 is 40.7 Å². The molecule has 6 aromatic heterocycles. The van der Waals surface area contributed by atoms with Gasteiger partial charge in [-0.2, -0.15) is 0 Å². The van der Waals surface area contributed by atoms with Crippen LogP contribution in [-0.2, 0) is 4.79 Å². The number of carbonyl (C=O) groups is 1. The summed E-state index contributed by atoms with van der Waals surface area (Å²) in [5.74, 6) is 3.81. The number of hydrogen-bond donors (Lipinski definition) is 4. The van der Waals surface area contributed by atoms with Crippen molar-refractivity contribution in [2.45, 2.75) is 65.7 Å². The number of nitrogens with zero attached hydrogens (tertiary/aromatic N) is 14. The summed E-state index contributed by atoms with van der Waals surface area (Å²) in [6.45, 7) is 16.7. The Morgan fingerprint density at radius 2 is 0.969 bits per heavy atom. The molecule has 2 unspecified atom stereocenters. The molecule has 0 bridgehead atoms. The first kappa shape index (κ1) is 44.2. The maximum atomic E-state index is 14.0. The number of nitrogens with one attached hydrogen (secondary N) is 2. The first-order valence-electron chi connectivity index (χ1n) is 21.9. The van der Waals surface area contributed by atoms with Crippen LogP contribution in [0.5, 0.6) is 0 Å². The van der Waals surface area contributed by atoms with E-state index in [2.05, 4.69) is 87.2 Å². The highest BCUT2D eigenvalue weighted by Crippen LogP contribution is 2.27. The largest absolute Gasteiger partial charge is 0.394 e. The second-order valence-corrected chi connectivity index (χ2v) is 16.7. The van der Waals surface area contributed by atoms with E-state index < -0.39 is 12.1 Å². The van der Waals surface area contributed by atoms with E-state index in [9.17, 15) is 15.0 Å². The van der Waals surface area contributed by atoms with Gasteiger partial charge in [0.05, 0.1) is 84.2 Å². The molecule has 19 nitrogen and oxygen atoms in total. The van der Waals surface area contributed by atoms with E-state index in [0.717, 1.165) is 45.8 Å². The number of aliphatic hydroxyl groups is 2. The van der Waals surface area contributed by atoms with Gasteiger partial charge in [-0.1, -0.05) is 0 Å². The van der Waals surface area contributed by atoms with Gasteiger partial charge in [-0.15, -0.1) is 0 Å². The number of Topliss-reactive ketones (excluding diaryl/α,β-unsaturated/α-hetero) is 1. The number of piperazine rings is 2. The highest BCUT2D eigenvalue weighted by Gasteiger charge is 2.37. The zero-order valence-electron chi connectivity index (χ0n) is 37.4. The number of imidazole rings is 2. The Morgan fingerprint density at radius 1 is 0.562 bits per heavy atom. The summed E-state index contributed by atoms with van der Waals surface area (Å²) in [4.78, 5) is 59.0. The molecule has 2 saturated heterocycles. The van der Waals surface area contributed by atoms with Gasteiger partial charge in [0.1, 0.15) is 23.3 Å². The maximum absolute atomic E-state index is 14.0. The van der Waals surface area contributed by atoms with Gasteiger partial charge in [0.15, 0.2) is 5.78 Å². The van der Waals surface area contributed by atoms with Gasteiger partial charge >= 0.3 is 0 Å². The monoisotopic (exact) mass is 870 g/mol. The Kier molecular flexibility index (Phi) is 13.5. The third-order valence-corrected chi connectivity index (χ3v) is 12.1. The lowest BCUT2D eigenvalue weighted by atomic mass is 10.0. The van der Waals surface area contributed by atoms with E-state index in [1.165, 1.54) is 0 Å². The van der Waals surface area contributed by atoms with Gasteiger partial charge in [0, 0.05) is 76.8 Å². The lowest BCUT2D eigenvalue weighted by molar-refractivity contribution is -0.133. The van der Waals surface area contributed by atoms with Gasteiger partial charge in [0.25, 0.3) is 0 Å². The van der Waals surface area contributed by atoms with Crippen molar-refractivity contribution in [3.63, 3.8) is 0 Å². The summed E-state index contributed by atoms with van der Waals surface area (Å²) in [7, 11) is 0. The highest BCUT2D eigenvalue weighted by molar-refractivity contribution is 5.89. The Labute approximate surface area is 373 Å². The van der Waals surface area contributed by atoms with Crippen molar-refractivity contribution in [1.29, 1.82) is 0 Å². The number of aryl methyl sites for hydroxylation is 2. The van der Waals surface area contributed by atoms with Crippen LogP contribution in [0.25, 0.3) is 22.8 Å². The van der Waals surface area contributed by atoms with Crippen molar-refractivity contribution in [2.75, 3.05) is 86.0 Å². The third-order valence-electron chi connectivity index (χ3n) is 12.1. The van der Waals surface area contributed by atoms with E-state index in [1.807, 2.05) is 84.8 Å². The zero-order valence-corrected chi connectivity index (χ0v) is 37.4. The summed E-state index contributed by atoms with van der Waals surface area (Å²) >= 11 is 0. The number of anilines is 6. The van der Waals surface area contributed by atoms with Crippen molar-refractivity contribution in [1.82, 2.24) is 58.8 Å². The number of ketones is 1. The molecule has 8 heterocycles. The first-order valence-corrected chi connectivity index (χ1v) is 21.9. The second kappa shape index (κ2) is 19.5. The molecular weight excluding hydrogens is 813 g/mol. The van der Waals surface area contributed by atoms with Gasteiger partial charge < -0.3 is 39.8 Å². The molecule has 0 aliphatic carbocycles. The van der Waals surface area contributed by atoms with Crippen molar-refractivity contribution in [3.05, 3.63) is 85.2 Å². The Bertz CT molecular complexity index is 2320. The minimum Gasteiger partial charge on any atom is -0.394 e. The molecule has 0 aromatic carbocycles. The fraction of sp³-hybridized carbons (Fsp3) is 0.444. The van der Waals surface area contributed by atoms with Crippen LogP contribution in [0.3, 0.4) is 0 Å². The maximum Gasteiger partial charge on any atom is 0.228 e. The second-order valence-electron chi connectivity index (χ2n) is 16.7. The molecule has 0 radical (unpaired) electrons. The first-order chi connectivity index (χ1) is 31.0. The molecule has 336 valence electrons. The predicted octanol–water partition coefficient (Wildman–Crippen LogP) is 4.28. The van der Waals surface area contributed by atoms with Crippen LogP contribution in [0.4, 0.5) is 34.9 Å². The standard InChI is InChI=1S/C45H58N16O3/c1-29(2)60-31(5)48-25-37(60)35-11-13-46-44(52-35)54-41-9-7-33(23-50-41)56-15-19-58(20-16-56)39(27-62)43(64)40(28-63)59-21-17-57(18-22-59)34-8-10-42(51-24-34)55-45-47-14-12-36(53-45)38-26-49-32(6)61(38)30(3)4/h7-14,23-26,29-30,39-40,62-63H,15-22,27-28H2,1-6H3,(H,46,50,52,54)(H,47,51,53,55). The number of carbonyl (C=O) groups excluding carboxylic acids is 1. The van der Waals surface area contributed by atoms with Crippen molar-refractivity contribution in [3.8, 4) is 22.8 Å². The Morgan fingerprint density at radius 3 is 1.31 bits per heavy atom. The summed E-state index contributed by atoms with van der Waals surface area (Å²) in [5.41, 5.74) is 5.31. The summed E-state index contributed by atoms with van der Waals surface area (Å²) < 4.78 is 4.29. The van der Waals surface area contributed by atoms with Crippen LogP contribution in [0.15, 0.2) is 73.6 Å². The Balaban J connectivity index is 0.814. The summed E-state index contributed by atoms with van der Waals surface area (Å²) in [6, 6.07) is 10.6. The van der Waals surface area contributed by atoms with Crippen molar-refractivity contribution in [2.24, 2.45) is 0 Å². The molecule has 4 N–H and O–H groups in total. The van der Waals surface area contributed by atoms with E-state index in [-0.39, 0.29) is 31.1 Å². The fourth-order valence-corrected chi connectivity index (χ4v) is 8.81. The van der Waals surface area contributed by atoms with Crippen LogP contribution in [0, 0.1) is 13.8 Å². The molecule has 64 heavy (non-hydrogen) atoms. The number of pyridine rings is 2. The van der Waals surface area contributed by atoms with Gasteiger partial charge in [-0.3, -0.25) is 14.6 Å². The number of rotatable bonds is 16. The summed E-state index contributed by atoms with van der Waals surface area (Å²) in [6.07, 6.45) is 10.8. The number of aliphatic hydroxyl groups excluding tert-OH is 2. The molecule has 0 spiro atoms. The smallest absolute Gasteiger partial charge is 0.228 e. The zero-order chi connectivity index (χ0) is 44.9. The van der Waals surface area contributed by atoms with Crippen LogP contribution >= 0.6 is 0 Å².